The predicted molar refractivity (Wildman–Crippen MR) is 172 cm³/mol. The first-order valence-electron chi connectivity index (χ1n) is 15.1. The molecule has 244 valence electrons. The number of amides is 4. The van der Waals surface area contributed by atoms with Crippen LogP contribution in [-0.2, 0) is 25.7 Å². The second-order valence-corrected chi connectivity index (χ2v) is 13.8. The molecular weight excluding hydrogens is 568 g/mol. The van der Waals surface area contributed by atoms with Gasteiger partial charge in [0.05, 0.1) is 12.1 Å². The van der Waals surface area contributed by atoms with Gasteiger partial charge in [-0.1, -0.05) is 65.0 Å². The van der Waals surface area contributed by atoms with Crippen LogP contribution in [0.4, 0.5) is 4.79 Å². The van der Waals surface area contributed by atoms with E-state index >= 15 is 0 Å². The monoisotopic (exact) mass is 622 g/mol. The predicted octanol–water partition coefficient (Wildman–Crippen LogP) is 4.01. The van der Waals surface area contributed by atoms with E-state index in [-0.39, 0.29) is 30.1 Å². The molecule has 0 aliphatic heterocycles. The molecular formula is C32H54N4O6S. The number of carbonyl (C=O) groups excluding carboxylic acids is 4. The molecule has 0 spiro atoms. The highest BCUT2D eigenvalue weighted by Gasteiger charge is 2.32. The fraction of sp³-hybridized carbons (Fsp3) is 0.688. The Morgan fingerprint density at radius 2 is 1.51 bits per heavy atom. The molecule has 5 atom stereocenters. The Morgan fingerprint density at radius 3 is 2.05 bits per heavy atom. The van der Waals surface area contributed by atoms with Gasteiger partial charge in [0, 0.05) is 12.5 Å². The van der Waals surface area contributed by atoms with Crippen LogP contribution in [-0.4, -0.2) is 70.8 Å². The number of ether oxygens (including phenoxy) is 1. The van der Waals surface area contributed by atoms with Crippen LogP contribution in [0.5, 0.6) is 0 Å². The van der Waals surface area contributed by atoms with E-state index in [2.05, 4.69) is 21.3 Å². The van der Waals surface area contributed by atoms with Crippen LogP contribution in [0.2, 0.25) is 0 Å². The summed E-state index contributed by atoms with van der Waals surface area (Å²) in [6.45, 7) is 15.0. The molecule has 43 heavy (non-hydrogen) atoms. The molecule has 0 aliphatic carbocycles. The van der Waals surface area contributed by atoms with Crippen LogP contribution in [0.15, 0.2) is 30.3 Å². The third kappa shape index (κ3) is 15.5. The zero-order valence-electron chi connectivity index (χ0n) is 27.4. The van der Waals surface area contributed by atoms with Gasteiger partial charge in [-0.05, 0) is 69.4 Å². The van der Waals surface area contributed by atoms with Gasteiger partial charge in [-0.25, -0.2) is 4.79 Å². The van der Waals surface area contributed by atoms with Gasteiger partial charge >= 0.3 is 6.09 Å². The number of carbonyl (C=O) groups is 4. The lowest BCUT2D eigenvalue weighted by Gasteiger charge is -2.30. The maximum Gasteiger partial charge on any atom is 0.408 e. The number of rotatable bonds is 17. The van der Waals surface area contributed by atoms with Crippen LogP contribution in [0.3, 0.4) is 0 Å². The molecule has 0 radical (unpaired) electrons. The van der Waals surface area contributed by atoms with E-state index in [0.29, 0.717) is 25.1 Å². The molecule has 10 nitrogen and oxygen atoms in total. The molecule has 1 rings (SSSR count). The molecule has 0 bridgehead atoms. The lowest BCUT2D eigenvalue weighted by Crippen LogP contribution is -2.54. The first kappa shape index (κ1) is 38.2. The Bertz CT molecular complexity index is 1010. The summed E-state index contributed by atoms with van der Waals surface area (Å²) < 4.78 is 5.34. The van der Waals surface area contributed by atoms with E-state index in [1.54, 1.807) is 39.5 Å². The molecule has 11 heteroatoms. The molecule has 1 aromatic carbocycles. The summed E-state index contributed by atoms with van der Waals surface area (Å²) >= 11 is 1.55. The van der Waals surface area contributed by atoms with Crippen molar-refractivity contribution in [1.82, 2.24) is 21.3 Å². The summed E-state index contributed by atoms with van der Waals surface area (Å²) in [7, 11) is 0. The Labute approximate surface area is 262 Å². The van der Waals surface area contributed by atoms with Crippen molar-refractivity contribution in [3.63, 3.8) is 0 Å². The summed E-state index contributed by atoms with van der Waals surface area (Å²) in [6.07, 6.45) is 1.14. The van der Waals surface area contributed by atoms with E-state index in [1.807, 2.05) is 64.3 Å². The largest absolute Gasteiger partial charge is 0.444 e. The highest BCUT2D eigenvalue weighted by atomic mass is 32.2. The Hall–Kier alpha value is -2.79. The van der Waals surface area contributed by atoms with Crippen molar-refractivity contribution in [3.05, 3.63) is 35.9 Å². The van der Waals surface area contributed by atoms with Crippen molar-refractivity contribution >= 4 is 35.6 Å². The molecule has 5 N–H and O–H groups in total. The minimum atomic E-state index is -1.03. The van der Waals surface area contributed by atoms with Gasteiger partial charge < -0.3 is 31.1 Å². The van der Waals surface area contributed by atoms with Gasteiger partial charge in [0.25, 0.3) is 0 Å². The lowest BCUT2D eigenvalue weighted by atomic mass is 9.91. The van der Waals surface area contributed by atoms with Gasteiger partial charge in [-0.3, -0.25) is 14.4 Å². The molecule has 0 aliphatic rings. The van der Waals surface area contributed by atoms with Gasteiger partial charge in [0.2, 0.25) is 17.7 Å². The van der Waals surface area contributed by atoms with E-state index in [4.69, 9.17) is 4.74 Å². The number of thioether (sulfide) groups is 1. The number of nitrogens with one attached hydrogen (secondary N) is 4. The zero-order chi connectivity index (χ0) is 32.7. The molecule has 0 saturated carbocycles. The fourth-order valence-corrected chi connectivity index (χ4v) is 4.89. The van der Waals surface area contributed by atoms with Crippen LogP contribution in [0.25, 0.3) is 0 Å². The van der Waals surface area contributed by atoms with Gasteiger partial charge in [0.15, 0.2) is 0 Å². The number of benzene rings is 1. The number of hydrogen-bond donors (Lipinski definition) is 5. The minimum Gasteiger partial charge on any atom is -0.444 e. The normalized spacial score (nSPS) is 15.2. The zero-order valence-corrected chi connectivity index (χ0v) is 28.2. The summed E-state index contributed by atoms with van der Waals surface area (Å²) in [6, 6.07) is 7.30. The summed E-state index contributed by atoms with van der Waals surface area (Å²) in [5.74, 6) is -1.05. The van der Waals surface area contributed by atoms with Crippen LogP contribution < -0.4 is 21.3 Å². The van der Waals surface area contributed by atoms with Crippen molar-refractivity contribution in [3.8, 4) is 0 Å². The average molecular weight is 623 g/mol. The molecule has 0 saturated heterocycles. The smallest absolute Gasteiger partial charge is 0.408 e. The fourth-order valence-electron chi connectivity index (χ4n) is 4.42. The van der Waals surface area contributed by atoms with E-state index in [9.17, 15) is 24.3 Å². The minimum absolute atomic E-state index is 0.0783. The van der Waals surface area contributed by atoms with Crippen molar-refractivity contribution < 1.29 is 29.0 Å². The highest BCUT2D eigenvalue weighted by molar-refractivity contribution is 7.98. The third-order valence-electron chi connectivity index (χ3n) is 6.73. The van der Waals surface area contributed by atoms with Gasteiger partial charge in [-0.15, -0.1) is 0 Å². The molecule has 0 aromatic heterocycles. The number of aliphatic hydroxyl groups excluding tert-OH is 1. The Morgan fingerprint density at radius 1 is 0.884 bits per heavy atom. The molecule has 1 aromatic rings. The van der Waals surface area contributed by atoms with Crippen molar-refractivity contribution in [1.29, 1.82) is 0 Å². The van der Waals surface area contributed by atoms with Crippen LogP contribution in [0, 0.1) is 17.8 Å². The maximum absolute atomic E-state index is 13.3. The summed E-state index contributed by atoms with van der Waals surface area (Å²) in [5.41, 5.74) is 0.242. The second kappa shape index (κ2) is 18.8. The van der Waals surface area contributed by atoms with Crippen LogP contribution in [0.1, 0.15) is 80.2 Å². The molecule has 0 heterocycles. The number of alkyl carbamates (subject to hydrolysis) is 1. The summed E-state index contributed by atoms with van der Waals surface area (Å²) in [5, 5.41) is 22.5. The van der Waals surface area contributed by atoms with E-state index in [0.717, 1.165) is 5.56 Å². The average Bonchev–Trinajstić information content (AvgIpc) is 2.91. The van der Waals surface area contributed by atoms with Crippen molar-refractivity contribution in [2.45, 2.75) is 111 Å². The van der Waals surface area contributed by atoms with E-state index in [1.165, 1.54) is 0 Å². The second-order valence-electron chi connectivity index (χ2n) is 12.9. The van der Waals surface area contributed by atoms with Gasteiger partial charge in [0.1, 0.15) is 17.7 Å². The van der Waals surface area contributed by atoms with Crippen molar-refractivity contribution in [2.24, 2.45) is 17.8 Å². The molecule has 4 amide bonds. The number of hydrogen-bond acceptors (Lipinski definition) is 7. The topological polar surface area (TPSA) is 146 Å². The third-order valence-corrected chi connectivity index (χ3v) is 7.38. The highest BCUT2D eigenvalue weighted by Crippen LogP contribution is 2.17. The Kier molecular flexibility index (Phi) is 16.7. The molecule has 0 unspecified atom stereocenters. The summed E-state index contributed by atoms with van der Waals surface area (Å²) in [4.78, 5) is 51.8. The quantitative estimate of drug-likeness (QED) is 0.177. The van der Waals surface area contributed by atoms with Crippen LogP contribution >= 0.6 is 11.8 Å². The SMILES string of the molecule is CSCC[C@H](NC(=O)OC(C)(C)C)C(=O)N[C@@H](CC(C)C)[C@@H](O)C[C@@H](C)C(=O)N[C@H](C(=O)NCc1ccccc1)C(C)C. The van der Waals surface area contributed by atoms with Gasteiger partial charge in [-0.2, -0.15) is 11.8 Å². The first-order valence-corrected chi connectivity index (χ1v) is 16.5. The standard InChI is InChI=1S/C32H54N4O6S/c1-20(2)17-25(34-29(39)24(15-16-43-9)35-31(41)42-32(6,7)8)26(37)18-22(5)28(38)36-27(21(3)4)30(40)33-19-23-13-11-10-12-14-23/h10-14,20-22,24-27,37H,15-19H2,1-9H3,(H,33,40)(H,34,39)(H,35,41)(H,36,38)/t22-,24+,25+,26+,27+/m1/s1. The lowest BCUT2D eigenvalue weighted by molar-refractivity contribution is -0.132. The van der Waals surface area contributed by atoms with E-state index < -0.39 is 47.7 Å². The first-order chi connectivity index (χ1) is 20.0. The Balaban J connectivity index is 2.88. The molecule has 0 fully saturated rings. The maximum atomic E-state index is 13.3. The van der Waals surface area contributed by atoms with Crippen molar-refractivity contribution in [2.75, 3.05) is 12.0 Å². The number of aliphatic hydroxyl groups is 1.